The summed E-state index contributed by atoms with van der Waals surface area (Å²) in [4.78, 5) is 17.5. The zero-order chi connectivity index (χ0) is 20.9. The summed E-state index contributed by atoms with van der Waals surface area (Å²) in [5.41, 5.74) is 2.90. The number of benzene rings is 1. The molecule has 1 aromatic heterocycles. The van der Waals surface area contributed by atoms with E-state index in [1.54, 1.807) is 11.3 Å². The van der Waals surface area contributed by atoms with Crippen molar-refractivity contribution in [2.24, 2.45) is 0 Å². The fraction of sp³-hybridized carbons (Fsp3) is 0.478. The van der Waals surface area contributed by atoms with Crippen molar-refractivity contribution in [3.8, 4) is 6.07 Å². The number of aryl methyl sites for hydroxylation is 1. The Kier molecular flexibility index (Phi) is 6.66. The standard InChI is InChI=1S/C23H27FN4OS/c24-17-6-8-18(9-7-17)28-14-12-27(13-15-28)11-10-22(29)26-23-20(16-25)19-4-2-1-3-5-21(19)30-23/h6-9H,1-5,10-15H2,(H,26,29)/p+1. The van der Waals surface area contributed by atoms with E-state index in [0.29, 0.717) is 12.0 Å². The highest BCUT2D eigenvalue weighted by Gasteiger charge is 2.23. The molecule has 2 aliphatic rings. The first kappa shape index (κ1) is 20.8. The minimum atomic E-state index is -0.212. The largest absolute Gasteiger partial charge is 0.360 e. The molecule has 0 radical (unpaired) electrons. The molecule has 158 valence electrons. The number of nitrogens with zero attached hydrogens (tertiary/aromatic N) is 2. The SMILES string of the molecule is N#Cc1c(NC(=O)CC[NH+]2CCN(c3ccc(F)cc3)CC2)sc2c1CCCCC2. The maximum Gasteiger partial charge on any atom is 0.230 e. The normalized spacial score (nSPS) is 17.1. The average Bonchev–Trinajstić information content (AvgIpc) is 2.92. The minimum absolute atomic E-state index is 0.00336. The third-order valence-corrected chi connectivity index (χ3v) is 7.36. The molecule has 0 bridgehead atoms. The molecule has 1 amide bonds. The van der Waals surface area contributed by atoms with E-state index in [9.17, 15) is 14.4 Å². The van der Waals surface area contributed by atoms with Crippen LogP contribution in [0, 0.1) is 17.1 Å². The van der Waals surface area contributed by atoms with Gasteiger partial charge >= 0.3 is 0 Å². The molecule has 0 atom stereocenters. The van der Waals surface area contributed by atoms with Crippen LogP contribution in [0.2, 0.25) is 0 Å². The van der Waals surface area contributed by atoms with Gasteiger partial charge in [0.15, 0.2) is 0 Å². The lowest BCUT2D eigenvalue weighted by Crippen LogP contribution is -3.15. The number of rotatable bonds is 5. The van der Waals surface area contributed by atoms with Crippen molar-refractivity contribution >= 4 is 27.9 Å². The Balaban J connectivity index is 1.27. The molecule has 4 rings (SSSR count). The van der Waals surface area contributed by atoms with Crippen LogP contribution in [0.5, 0.6) is 0 Å². The van der Waals surface area contributed by atoms with Crippen LogP contribution in [0.25, 0.3) is 0 Å². The van der Waals surface area contributed by atoms with Gasteiger partial charge in [0.1, 0.15) is 16.9 Å². The van der Waals surface area contributed by atoms with Crippen LogP contribution in [0.1, 0.15) is 41.7 Å². The average molecular weight is 428 g/mol. The second-order valence-electron chi connectivity index (χ2n) is 8.14. The predicted molar refractivity (Wildman–Crippen MR) is 118 cm³/mol. The van der Waals surface area contributed by atoms with Gasteiger partial charge in [-0.05, 0) is 55.5 Å². The van der Waals surface area contributed by atoms with Crippen molar-refractivity contribution in [1.29, 1.82) is 5.26 Å². The third-order valence-electron chi connectivity index (χ3n) is 6.15. The fourth-order valence-electron chi connectivity index (χ4n) is 4.41. The molecule has 30 heavy (non-hydrogen) atoms. The van der Waals surface area contributed by atoms with E-state index in [4.69, 9.17) is 0 Å². The summed E-state index contributed by atoms with van der Waals surface area (Å²) in [6.07, 6.45) is 5.93. The molecule has 1 aliphatic carbocycles. The molecule has 0 saturated carbocycles. The van der Waals surface area contributed by atoms with Crippen LogP contribution < -0.4 is 15.1 Å². The van der Waals surface area contributed by atoms with Gasteiger partial charge in [-0.2, -0.15) is 5.26 Å². The molecule has 5 nitrogen and oxygen atoms in total. The third kappa shape index (κ3) is 4.82. The number of thiophene rings is 1. The molecule has 7 heteroatoms. The Morgan fingerprint density at radius 3 is 2.63 bits per heavy atom. The topological polar surface area (TPSA) is 60.6 Å². The first-order chi connectivity index (χ1) is 14.6. The van der Waals surface area contributed by atoms with Gasteiger partial charge in [-0.3, -0.25) is 4.79 Å². The molecule has 2 aromatic rings. The van der Waals surface area contributed by atoms with Gasteiger partial charge in [0.25, 0.3) is 0 Å². The highest BCUT2D eigenvalue weighted by Crippen LogP contribution is 2.36. The first-order valence-electron chi connectivity index (χ1n) is 10.8. The zero-order valence-electron chi connectivity index (χ0n) is 17.2. The fourth-order valence-corrected chi connectivity index (χ4v) is 5.67. The number of anilines is 2. The van der Waals surface area contributed by atoms with Gasteiger partial charge < -0.3 is 15.1 Å². The number of nitrogens with one attached hydrogen (secondary N) is 2. The second kappa shape index (κ2) is 9.59. The maximum absolute atomic E-state index is 13.1. The van der Waals surface area contributed by atoms with Crippen molar-refractivity contribution in [1.82, 2.24) is 0 Å². The lowest BCUT2D eigenvalue weighted by molar-refractivity contribution is -0.900. The van der Waals surface area contributed by atoms with Crippen molar-refractivity contribution < 1.29 is 14.1 Å². The predicted octanol–water partition coefficient (Wildman–Crippen LogP) is 2.76. The molecule has 1 aromatic carbocycles. The number of carbonyl (C=O) groups is 1. The number of halogens is 1. The second-order valence-corrected chi connectivity index (χ2v) is 9.25. The number of nitriles is 1. The molecule has 2 heterocycles. The van der Waals surface area contributed by atoms with Gasteiger partial charge in [-0.15, -0.1) is 11.3 Å². The van der Waals surface area contributed by atoms with E-state index in [1.807, 2.05) is 12.1 Å². The van der Waals surface area contributed by atoms with E-state index < -0.39 is 0 Å². The van der Waals surface area contributed by atoms with Crippen LogP contribution in [-0.2, 0) is 17.6 Å². The highest BCUT2D eigenvalue weighted by atomic mass is 32.1. The van der Waals surface area contributed by atoms with E-state index in [2.05, 4.69) is 16.3 Å². The molecule has 1 aliphatic heterocycles. The number of amides is 1. The summed E-state index contributed by atoms with van der Waals surface area (Å²) in [5.74, 6) is -0.216. The van der Waals surface area contributed by atoms with Crippen LogP contribution in [0.15, 0.2) is 24.3 Å². The zero-order valence-corrected chi connectivity index (χ0v) is 18.0. The summed E-state index contributed by atoms with van der Waals surface area (Å²) in [6.45, 7) is 4.51. The number of hydrogen-bond acceptors (Lipinski definition) is 4. The van der Waals surface area contributed by atoms with Crippen molar-refractivity contribution in [3.05, 3.63) is 46.1 Å². The van der Waals surface area contributed by atoms with Crippen LogP contribution in [0.4, 0.5) is 15.1 Å². The van der Waals surface area contributed by atoms with E-state index in [1.165, 1.54) is 34.8 Å². The van der Waals surface area contributed by atoms with Crippen molar-refractivity contribution in [2.45, 2.75) is 38.5 Å². The van der Waals surface area contributed by atoms with E-state index in [-0.39, 0.29) is 11.7 Å². The Labute approximate surface area is 181 Å². The molecule has 0 unspecified atom stereocenters. The van der Waals surface area contributed by atoms with Crippen LogP contribution >= 0.6 is 11.3 Å². The van der Waals surface area contributed by atoms with Crippen LogP contribution in [-0.4, -0.2) is 38.6 Å². The van der Waals surface area contributed by atoms with Gasteiger partial charge in [0, 0.05) is 10.6 Å². The summed E-state index contributed by atoms with van der Waals surface area (Å²) in [6, 6.07) is 8.97. The van der Waals surface area contributed by atoms with Gasteiger partial charge in [0.2, 0.25) is 5.91 Å². The first-order valence-corrected chi connectivity index (χ1v) is 11.6. The molecular weight excluding hydrogens is 399 g/mol. The Bertz CT molecular complexity index is 926. The van der Waals surface area contributed by atoms with Crippen molar-refractivity contribution in [2.75, 3.05) is 42.9 Å². The Morgan fingerprint density at radius 1 is 1.17 bits per heavy atom. The van der Waals surface area contributed by atoms with Gasteiger partial charge in [0.05, 0.1) is 44.7 Å². The molecule has 2 N–H and O–H groups in total. The van der Waals surface area contributed by atoms with Crippen molar-refractivity contribution in [3.63, 3.8) is 0 Å². The number of fused-ring (bicyclic) bond motifs is 1. The van der Waals surface area contributed by atoms with E-state index in [0.717, 1.165) is 68.2 Å². The number of carbonyl (C=O) groups excluding carboxylic acids is 1. The quantitative estimate of drug-likeness (QED) is 0.722. The Morgan fingerprint density at radius 2 is 1.90 bits per heavy atom. The number of piperazine rings is 1. The lowest BCUT2D eigenvalue weighted by atomic mass is 10.1. The summed E-state index contributed by atoms with van der Waals surface area (Å²) < 4.78 is 13.1. The maximum atomic E-state index is 13.1. The van der Waals surface area contributed by atoms with Gasteiger partial charge in [-0.25, -0.2) is 4.39 Å². The lowest BCUT2D eigenvalue weighted by Gasteiger charge is -2.33. The summed E-state index contributed by atoms with van der Waals surface area (Å²) in [7, 11) is 0. The number of quaternary nitrogens is 1. The summed E-state index contributed by atoms with van der Waals surface area (Å²) >= 11 is 1.59. The monoisotopic (exact) mass is 427 g/mol. The minimum Gasteiger partial charge on any atom is -0.360 e. The number of hydrogen-bond donors (Lipinski definition) is 2. The molecule has 0 spiro atoms. The highest BCUT2D eigenvalue weighted by molar-refractivity contribution is 7.16. The van der Waals surface area contributed by atoms with E-state index >= 15 is 0 Å². The summed E-state index contributed by atoms with van der Waals surface area (Å²) in [5, 5.41) is 13.4. The molecule has 1 fully saturated rings. The van der Waals surface area contributed by atoms with Gasteiger partial charge in [-0.1, -0.05) is 6.42 Å². The molecular formula is C23H28FN4OS+. The molecule has 1 saturated heterocycles. The van der Waals surface area contributed by atoms with Crippen LogP contribution in [0.3, 0.4) is 0 Å². The smallest absolute Gasteiger partial charge is 0.230 e. The Hall–Kier alpha value is -2.43.